The minimum absolute atomic E-state index is 0.553. The summed E-state index contributed by atoms with van der Waals surface area (Å²) in [6, 6.07) is 21.1. The van der Waals surface area contributed by atoms with Crippen LogP contribution in [0.4, 0.5) is 11.4 Å². The summed E-state index contributed by atoms with van der Waals surface area (Å²) in [6.45, 7) is 0. The van der Waals surface area contributed by atoms with Crippen LogP contribution in [0.25, 0.3) is 0 Å². The Morgan fingerprint density at radius 1 is 0.571 bits per heavy atom. The normalized spacial score (nSPS) is 14.6. The van der Waals surface area contributed by atoms with Crippen LogP contribution in [0.2, 0.25) is 0 Å². The van der Waals surface area contributed by atoms with Crippen molar-refractivity contribution in [3.05, 3.63) is 72.3 Å². The van der Waals surface area contributed by atoms with Crippen LogP contribution in [0.15, 0.2) is 66.7 Å². The van der Waals surface area contributed by atoms with Gasteiger partial charge in [-0.25, -0.2) is 0 Å². The van der Waals surface area contributed by atoms with Gasteiger partial charge in [-0.15, -0.1) is 0 Å². The summed E-state index contributed by atoms with van der Waals surface area (Å²) in [5, 5.41) is 0. The average molecular weight is 374 g/mol. The van der Waals surface area contributed by atoms with E-state index in [0.29, 0.717) is 5.92 Å². The molecule has 0 heterocycles. The van der Waals surface area contributed by atoms with E-state index >= 15 is 0 Å². The second-order valence-electron chi connectivity index (χ2n) is 7.41. The lowest BCUT2D eigenvalue weighted by Crippen LogP contribution is -2.05. The van der Waals surface area contributed by atoms with Crippen LogP contribution in [0.5, 0.6) is 23.0 Å². The lowest BCUT2D eigenvalue weighted by Gasteiger charge is -2.23. The summed E-state index contributed by atoms with van der Waals surface area (Å²) in [4.78, 5) is 0. The molecule has 0 saturated heterocycles. The highest BCUT2D eigenvalue weighted by molar-refractivity contribution is 5.47. The Bertz CT molecular complexity index is 849. The van der Waals surface area contributed by atoms with E-state index in [0.717, 1.165) is 34.4 Å². The van der Waals surface area contributed by atoms with Crippen LogP contribution < -0.4 is 20.9 Å². The third-order valence-corrected chi connectivity index (χ3v) is 5.21. The molecule has 0 unspecified atom stereocenters. The van der Waals surface area contributed by atoms with Crippen molar-refractivity contribution in [3.63, 3.8) is 0 Å². The Hall–Kier alpha value is -3.14. The number of ether oxygens (including phenoxy) is 2. The maximum absolute atomic E-state index is 6.11. The molecular weight excluding hydrogens is 348 g/mol. The van der Waals surface area contributed by atoms with Crippen molar-refractivity contribution in [1.29, 1.82) is 0 Å². The molecule has 0 amide bonds. The van der Waals surface area contributed by atoms with Gasteiger partial charge < -0.3 is 20.9 Å². The maximum Gasteiger partial charge on any atom is 0.131 e. The summed E-state index contributed by atoms with van der Waals surface area (Å²) < 4.78 is 12.2. The first kappa shape index (κ1) is 18.2. The van der Waals surface area contributed by atoms with Gasteiger partial charge >= 0.3 is 0 Å². The Balaban J connectivity index is 1.63. The van der Waals surface area contributed by atoms with Crippen LogP contribution in [-0.2, 0) is 0 Å². The van der Waals surface area contributed by atoms with E-state index in [4.69, 9.17) is 20.9 Å². The summed E-state index contributed by atoms with van der Waals surface area (Å²) in [7, 11) is 0. The third kappa shape index (κ3) is 4.58. The molecule has 0 atom stereocenters. The Kier molecular flexibility index (Phi) is 5.38. The molecule has 4 heteroatoms. The lowest BCUT2D eigenvalue weighted by atomic mass is 9.84. The molecule has 0 aliphatic heterocycles. The molecule has 1 aliphatic rings. The van der Waals surface area contributed by atoms with Gasteiger partial charge in [-0.05, 0) is 85.0 Å². The van der Waals surface area contributed by atoms with Crippen LogP contribution >= 0.6 is 0 Å². The fourth-order valence-corrected chi connectivity index (χ4v) is 3.73. The third-order valence-electron chi connectivity index (χ3n) is 5.21. The monoisotopic (exact) mass is 374 g/mol. The fourth-order valence-electron chi connectivity index (χ4n) is 3.73. The van der Waals surface area contributed by atoms with Gasteiger partial charge in [0.05, 0.1) is 0 Å². The molecule has 28 heavy (non-hydrogen) atoms. The van der Waals surface area contributed by atoms with Crippen molar-refractivity contribution in [1.82, 2.24) is 0 Å². The topological polar surface area (TPSA) is 70.5 Å². The second-order valence-corrected chi connectivity index (χ2v) is 7.41. The molecule has 1 saturated carbocycles. The Labute approximate surface area is 166 Å². The standard InChI is InChI=1S/C24H26N2O2/c25-19-6-10-21(11-7-19)27-23-14-18(17-4-2-1-3-5-17)15-24(16-23)28-22-12-8-20(26)9-13-22/h6-17H,1-5,25-26H2. The van der Waals surface area contributed by atoms with Gasteiger partial charge in [0.15, 0.2) is 0 Å². The molecule has 1 fully saturated rings. The van der Waals surface area contributed by atoms with E-state index in [2.05, 4.69) is 12.1 Å². The number of benzene rings is 3. The number of rotatable bonds is 5. The zero-order valence-corrected chi connectivity index (χ0v) is 15.9. The van der Waals surface area contributed by atoms with E-state index in [1.165, 1.54) is 37.7 Å². The second kappa shape index (κ2) is 8.26. The van der Waals surface area contributed by atoms with Crippen molar-refractivity contribution in [2.45, 2.75) is 38.0 Å². The first-order valence-electron chi connectivity index (χ1n) is 9.87. The molecule has 0 spiro atoms. The highest BCUT2D eigenvalue weighted by Gasteiger charge is 2.18. The van der Waals surface area contributed by atoms with Crippen molar-refractivity contribution in [2.24, 2.45) is 0 Å². The molecule has 0 aromatic heterocycles. The van der Waals surface area contributed by atoms with Crippen LogP contribution in [-0.4, -0.2) is 0 Å². The Morgan fingerprint density at radius 2 is 1.04 bits per heavy atom. The molecule has 4 N–H and O–H groups in total. The quantitative estimate of drug-likeness (QED) is 0.501. The van der Waals surface area contributed by atoms with E-state index in [1.54, 1.807) is 0 Å². The minimum Gasteiger partial charge on any atom is -0.457 e. The van der Waals surface area contributed by atoms with Gasteiger partial charge in [-0.3, -0.25) is 0 Å². The summed E-state index contributed by atoms with van der Waals surface area (Å²) in [5.74, 6) is 3.62. The molecule has 0 radical (unpaired) electrons. The Morgan fingerprint density at radius 3 is 1.50 bits per heavy atom. The summed E-state index contributed by atoms with van der Waals surface area (Å²) >= 11 is 0. The average Bonchev–Trinajstić information content (AvgIpc) is 2.72. The summed E-state index contributed by atoms with van der Waals surface area (Å²) in [6.07, 6.45) is 6.32. The molecule has 3 aromatic rings. The van der Waals surface area contributed by atoms with Gasteiger partial charge in [-0.2, -0.15) is 0 Å². The molecule has 4 rings (SSSR count). The predicted octanol–water partition coefficient (Wildman–Crippen LogP) is 6.48. The van der Waals surface area contributed by atoms with Gasteiger partial charge in [0, 0.05) is 17.4 Å². The predicted molar refractivity (Wildman–Crippen MR) is 114 cm³/mol. The number of nitrogen functional groups attached to an aromatic ring is 2. The largest absolute Gasteiger partial charge is 0.457 e. The fraction of sp³-hybridized carbons (Fsp3) is 0.250. The first-order chi connectivity index (χ1) is 13.7. The van der Waals surface area contributed by atoms with Crippen molar-refractivity contribution >= 4 is 11.4 Å². The van der Waals surface area contributed by atoms with Crippen molar-refractivity contribution < 1.29 is 9.47 Å². The zero-order chi connectivity index (χ0) is 19.3. The van der Waals surface area contributed by atoms with E-state index in [9.17, 15) is 0 Å². The van der Waals surface area contributed by atoms with Crippen LogP contribution in [0.3, 0.4) is 0 Å². The van der Waals surface area contributed by atoms with Gasteiger partial charge in [0.2, 0.25) is 0 Å². The lowest BCUT2D eigenvalue weighted by molar-refractivity contribution is 0.432. The number of hydrogen-bond acceptors (Lipinski definition) is 4. The molecular formula is C24H26N2O2. The molecule has 3 aromatic carbocycles. The maximum atomic E-state index is 6.11. The zero-order valence-electron chi connectivity index (χ0n) is 15.9. The van der Waals surface area contributed by atoms with E-state index < -0.39 is 0 Å². The van der Waals surface area contributed by atoms with Gasteiger partial charge in [0.1, 0.15) is 23.0 Å². The molecule has 4 nitrogen and oxygen atoms in total. The molecule has 144 valence electrons. The number of anilines is 2. The van der Waals surface area contributed by atoms with E-state index in [1.807, 2.05) is 54.6 Å². The molecule has 0 bridgehead atoms. The van der Waals surface area contributed by atoms with E-state index in [-0.39, 0.29) is 0 Å². The van der Waals surface area contributed by atoms with Gasteiger partial charge in [-0.1, -0.05) is 19.3 Å². The SMILES string of the molecule is Nc1ccc(Oc2cc(Oc3ccc(N)cc3)cc(C3CCCCC3)c2)cc1. The van der Waals surface area contributed by atoms with Crippen LogP contribution in [0, 0.1) is 0 Å². The number of nitrogens with two attached hydrogens (primary N) is 2. The molecule has 1 aliphatic carbocycles. The van der Waals surface area contributed by atoms with Gasteiger partial charge in [0.25, 0.3) is 0 Å². The van der Waals surface area contributed by atoms with Crippen molar-refractivity contribution in [3.8, 4) is 23.0 Å². The highest BCUT2D eigenvalue weighted by Crippen LogP contribution is 2.38. The summed E-state index contributed by atoms with van der Waals surface area (Å²) in [5.41, 5.74) is 14.3. The first-order valence-corrected chi connectivity index (χ1v) is 9.87. The number of hydrogen-bond donors (Lipinski definition) is 2. The van der Waals surface area contributed by atoms with Crippen LogP contribution in [0.1, 0.15) is 43.6 Å². The smallest absolute Gasteiger partial charge is 0.131 e. The van der Waals surface area contributed by atoms with Crippen molar-refractivity contribution in [2.75, 3.05) is 11.5 Å². The highest BCUT2D eigenvalue weighted by atomic mass is 16.5. The minimum atomic E-state index is 0.553.